The molecule has 0 radical (unpaired) electrons. The van der Waals surface area contributed by atoms with E-state index in [9.17, 15) is 22.0 Å². The molecule has 6 nitrogen and oxygen atoms in total. The predicted molar refractivity (Wildman–Crippen MR) is 116 cm³/mol. The van der Waals surface area contributed by atoms with Crippen molar-refractivity contribution < 1.29 is 26.7 Å². The average molecular weight is 491 g/mol. The Morgan fingerprint density at radius 2 is 1.84 bits per heavy atom. The molecule has 3 rings (SSSR count). The molecule has 0 aromatic heterocycles. The minimum absolute atomic E-state index is 0.104. The molecule has 1 aliphatic rings. The fourth-order valence-corrected chi connectivity index (χ4v) is 5.69. The molecule has 1 heterocycles. The number of ether oxygens (including phenoxy) is 1. The van der Waals surface area contributed by atoms with Gasteiger partial charge in [-0.1, -0.05) is 29.4 Å². The SMILES string of the molecule is COc1ccc(S(=O)(=O)N2CCC(C(=O)Nc3cccc(Cl)c3SC(F)F)CC2)cc1. The van der Waals surface area contributed by atoms with Gasteiger partial charge in [0.25, 0.3) is 5.76 Å². The van der Waals surface area contributed by atoms with Crippen molar-refractivity contribution in [3.8, 4) is 5.75 Å². The minimum Gasteiger partial charge on any atom is -0.497 e. The summed E-state index contributed by atoms with van der Waals surface area (Å²) in [5.74, 6) is -2.91. The number of thioether (sulfide) groups is 1. The van der Waals surface area contributed by atoms with Crippen LogP contribution in [0.4, 0.5) is 14.5 Å². The van der Waals surface area contributed by atoms with Gasteiger partial charge in [-0.2, -0.15) is 13.1 Å². The number of anilines is 1. The Morgan fingerprint density at radius 3 is 2.42 bits per heavy atom. The number of nitrogens with one attached hydrogen (secondary N) is 1. The van der Waals surface area contributed by atoms with Gasteiger partial charge < -0.3 is 10.1 Å². The average Bonchev–Trinajstić information content (AvgIpc) is 2.76. The lowest BCUT2D eigenvalue weighted by Crippen LogP contribution is -2.41. The summed E-state index contributed by atoms with van der Waals surface area (Å²) in [6.45, 7) is 0.362. The number of hydrogen-bond acceptors (Lipinski definition) is 5. The van der Waals surface area contributed by atoms with E-state index < -0.39 is 21.7 Å². The molecule has 1 fully saturated rings. The number of rotatable bonds is 7. The van der Waals surface area contributed by atoms with E-state index in [-0.39, 0.29) is 51.3 Å². The lowest BCUT2D eigenvalue weighted by molar-refractivity contribution is -0.120. The molecule has 1 saturated heterocycles. The maximum absolute atomic E-state index is 12.8. The van der Waals surface area contributed by atoms with Gasteiger partial charge >= 0.3 is 0 Å². The first-order chi connectivity index (χ1) is 14.7. The van der Waals surface area contributed by atoms with Gasteiger partial charge in [0.2, 0.25) is 15.9 Å². The molecule has 31 heavy (non-hydrogen) atoms. The molecule has 1 amide bonds. The van der Waals surface area contributed by atoms with Crippen LogP contribution in [-0.4, -0.2) is 44.6 Å². The number of halogens is 3. The van der Waals surface area contributed by atoms with Crippen LogP contribution in [0, 0.1) is 5.92 Å². The van der Waals surface area contributed by atoms with E-state index >= 15 is 0 Å². The van der Waals surface area contributed by atoms with Gasteiger partial charge in [0.15, 0.2) is 0 Å². The lowest BCUT2D eigenvalue weighted by atomic mass is 9.97. The monoisotopic (exact) mass is 490 g/mol. The Bertz CT molecular complexity index is 1030. The molecule has 168 valence electrons. The van der Waals surface area contributed by atoms with Crippen LogP contribution < -0.4 is 10.1 Å². The molecule has 0 aliphatic carbocycles. The second kappa shape index (κ2) is 10.2. The van der Waals surface area contributed by atoms with Crippen molar-refractivity contribution in [1.29, 1.82) is 0 Å². The number of carbonyl (C=O) groups excluding carboxylic acids is 1. The maximum atomic E-state index is 12.8. The third kappa shape index (κ3) is 5.68. The quantitative estimate of drug-likeness (QED) is 0.569. The number of alkyl halides is 2. The molecule has 0 saturated carbocycles. The first-order valence-corrected chi connectivity index (χ1v) is 12.1. The van der Waals surface area contributed by atoms with Crippen LogP contribution >= 0.6 is 23.4 Å². The van der Waals surface area contributed by atoms with E-state index in [0.29, 0.717) is 18.6 Å². The maximum Gasteiger partial charge on any atom is 0.289 e. The molecule has 1 aliphatic heterocycles. The Balaban J connectivity index is 1.64. The fraction of sp³-hybridized carbons (Fsp3) is 0.350. The number of nitrogens with zero attached hydrogens (tertiary/aromatic N) is 1. The van der Waals surface area contributed by atoms with E-state index in [4.69, 9.17) is 16.3 Å². The standard InChI is InChI=1S/C20H21ClF2N2O4S2/c1-29-14-5-7-15(8-6-14)31(27,28)25-11-9-13(10-12-25)19(26)24-17-4-2-3-16(21)18(17)30-20(22)23/h2-8,13,20H,9-12H2,1H3,(H,24,26). The zero-order chi connectivity index (χ0) is 22.6. The summed E-state index contributed by atoms with van der Waals surface area (Å²) >= 11 is 6.27. The third-order valence-electron chi connectivity index (χ3n) is 4.95. The number of carbonyl (C=O) groups is 1. The van der Waals surface area contributed by atoms with Gasteiger partial charge in [0.1, 0.15) is 5.75 Å². The summed E-state index contributed by atoms with van der Waals surface area (Å²) < 4.78 is 57.7. The van der Waals surface area contributed by atoms with Crippen molar-refractivity contribution in [3.63, 3.8) is 0 Å². The number of amides is 1. The van der Waals surface area contributed by atoms with Crippen LogP contribution in [0.1, 0.15) is 12.8 Å². The van der Waals surface area contributed by atoms with Crippen molar-refractivity contribution in [2.24, 2.45) is 5.92 Å². The molecule has 0 atom stereocenters. The summed E-state index contributed by atoms with van der Waals surface area (Å²) in [7, 11) is -2.18. The van der Waals surface area contributed by atoms with E-state index in [2.05, 4.69) is 5.32 Å². The van der Waals surface area contributed by atoms with Gasteiger partial charge in [-0.15, -0.1) is 0 Å². The molecule has 0 bridgehead atoms. The summed E-state index contributed by atoms with van der Waals surface area (Å²) in [5, 5.41) is 2.79. The molecule has 2 aromatic rings. The fourth-order valence-electron chi connectivity index (χ4n) is 3.31. The summed E-state index contributed by atoms with van der Waals surface area (Å²) in [6.07, 6.45) is 0.637. The first kappa shape index (κ1) is 23.8. The van der Waals surface area contributed by atoms with E-state index in [1.165, 1.54) is 35.7 Å². The van der Waals surface area contributed by atoms with Crippen LogP contribution in [0.15, 0.2) is 52.3 Å². The van der Waals surface area contributed by atoms with Crippen molar-refractivity contribution in [2.45, 2.75) is 28.4 Å². The second-order valence-corrected chi connectivity index (χ2v) is 10.2. The van der Waals surface area contributed by atoms with E-state index in [1.54, 1.807) is 18.2 Å². The van der Waals surface area contributed by atoms with Gasteiger partial charge in [0, 0.05) is 19.0 Å². The first-order valence-electron chi connectivity index (χ1n) is 9.40. The molecule has 11 heteroatoms. The molecular formula is C20H21ClF2N2O4S2. The number of benzene rings is 2. The van der Waals surface area contributed by atoms with Crippen LogP contribution in [0.5, 0.6) is 5.75 Å². The topological polar surface area (TPSA) is 75.7 Å². The van der Waals surface area contributed by atoms with Gasteiger partial charge in [-0.25, -0.2) is 8.42 Å². The Morgan fingerprint density at radius 1 is 1.19 bits per heavy atom. The minimum atomic E-state index is -3.68. The molecular weight excluding hydrogens is 470 g/mol. The molecule has 1 N–H and O–H groups in total. The normalized spacial score (nSPS) is 15.8. The van der Waals surface area contributed by atoms with Crippen molar-refractivity contribution in [3.05, 3.63) is 47.5 Å². The Hall–Kier alpha value is -1.88. The predicted octanol–water partition coefficient (Wildman–Crippen LogP) is 4.70. The highest BCUT2D eigenvalue weighted by atomic mass is 35.5. The number of methoxy groups -OCH3 is 1. The van der Waals surface area contributed by atoms with Crippen LogP contribution in [0.2, 0.25) is 5.02 Å². The van der Waals surface area contributed by atoms with Crippen LogP contribution in [0.3, 0.4) is 0 Å². The Labute approximate surface area is 189 Å². The van der Waals surface area contributed by atoms with Crippen LogP contribution in [-0.2, 0) is 14.8 Å². The van der Waals surface area contributed by atoms with Crippen molar-refractivity contribution in [1.82, 2.24) is 4.31 Å². The second-order valence-electron chi connectivity index (χ2n) is 6.84. The highest BCUT2D eigenvalue weighted by molar-refractivity contribution is 7.99. The lowest BCUT2D eigenvalue weighted by Gasteiger charge is -2.30. The summed E-state index contributed by atoms with van der Waals surface area (Å²) in [4.78, 5) is 12.9. The van der Waals surface area contributed by atoms with Crippen LogP contribution in [0.25, 0.3) is 0 Å². The third-order valence-corrected chi connectivity index (χ3v) is 8.15. The van der Waals surface area contributed by atoms with E-state index in [1.807, 2.05) is 0 Å². The summed E-state index contributed by atoms with van der Waals surface area (Å²) in [6, 6.07) is 10.7. The highest BCUT2D eigenvalue weighted by Gasteiger charge is 2.32. The number of piperidine rings is 1. The largest absolute Gasteiger partial charge is 0.497 e. The Kier molecular flexibility index (Phi) is 7.79. The van der Waals surface area contributed by atoms with Gasteiger partial charge in [-0.05, 0) is 49.2 Å². The van der Waals surface area contributed by atoms with Gasteiger partial charge in [-0.3, -0.25) is 4.79 Å². The number of hydrogen-bond donors (Lipinski definition) is 1. The highest BCUT2D eigenvalue weighted by Crippen LogP contribution is 2.38. The van der Waals surface area contributed by atoms with Gasteiger partial charge in [0.05, 0.1) is 27.6 Å². The zero-order valence-electron chi connectivity index (χ0n) is 16.6. The molecule has 2 aromatic carbocycles. The summed E-state index contributed by atoms with van der Waals surface area (Å²) in [5.41, 5.74) is 0.219. The smallest absolute Gasteiger partial charge is 0.289 e. The molecule has 0 unspecified atom stereocenters. The number of sulfonamides is 1. The molecule has 0 spiro atoms. The van der Waals surface area contributed by atoms with Crippen molar-refractivity contribution in [2.75, 3.05) is 25.5 Å². The van der Waals surface area contributed by atoms with E-state index in [0.717, 1.165) is 0 Å². The zero-order valence-corrected chi connectivity index (χ0v) is 18.9. The van der Waals surface area contributed by atoms with Crippen molar-refractivity contribution >= 4 is 45.0 Å².